The lowest BCUT2D eigenvalue weighted by atomic mass is 10.1. The smallest absolute Gasteiger partial charge is 0.410 e. The van der Waals surface area contributed by atoms with E-state index in [1.165, 1.54) is 0 Å². The average Bonchev–Trinajstić information content (AvgIpc) is 3.02. The molecule has 1 saturated heterocycles. The first-order valence-corrected chi connectivity index (χ1v) is 10.1. The number of carbonyl (C=O) groups excluding carboxylic acids is 2. The summed E-state index contributed by atoms with van der Waals surface area (Å²) in [5.74, 6) is -0.253. The van der Waals surface area contributed by atoms with Crippen LogP contribution in [0.4, 0.5) is 4.79 Å². The zero-order chi connectivity index (χ0) is 20.7. The number of hydrogen-bond donors (Lipinski definition) is 0. The van der Waals surface area contributed by atoms with E-state index in [9.17, 15) is 9.59 Å². The van der Waals surface area contributed by atoms with Crippen LogP contribution in [-0.4, -0.2) is 47.9 Å². The number of rotatable bonds is 7. The summed E-state index contributed by atoms with van der Waals surface area (Å²) in [6.07, 6.45) is 0.960. The Balaban J connectivity index is 1.97. The molecule has 1 aromatic carbocycles. The summed E-state index contributed by atoms with van der Waals surface area (Å²) in [4.78, 5) is 26.0. The van der Waals surface area contributed by atoms with Crippen molar-refractivity contribution in [3.05, 3.63) is 34.9 Å². The molecule has 0 bridgehead atoms. The molecule has 7 heteroatoms. The van der Waals surface area contributed by atoms with E-state index in [-0.39, 0.29) is 30.6 Å². The fourth-order valence-corrected chi connectivity index (χ4v) is 3.25. The highest BCUT2D eigenvalue weighted by atomic mass is 35.5. The fourth-order valence-electron chi connectivity index (χ4n) is 3.12. The summed E-state index contributed by atoms with van der Waals surface area (Å²) >= 11 is 5.91. The molecule has 1 aliphatic heterocycles. The van der Waals surface area contributed by atoms with Gasteiger partial charge in [0.2, 0.25) is 0 Å². The van der Waals surface area contributed by atoms with E-state index in [4.69, 9.17) is 25.8 Å². The number of hydrogen-bond acceptors (Lipinski definition) is 5. The van der Waals surface area contributed by atoms with Crippen LogP contribution in [0.5, 0.6) is 0 Å². The standard InChI is InChI=1S/C21H30ClNO5/c1-5-26-19(24)11-10-17-12-18(13-23(17)20(25)28-21(2,3)4)27-14-15-6-8-16(22)9-7-15/h6-9,17-18H,5,10-14H2,1-4H3/t17-,18+/m0/s1. The molecule has 156 valence electrons. The van der Waals surface area contributed by atoms with Gasteiger partial charge in [-0.1, -0.05) is 23.7 Å². The van der Waals surface area contributed by atoms with Gasteiger partial charge >= 0.3 is 12.1 Å². The normalized spacial score (nSPS) is 19.5. The molecule has 0 aliphatic carbocycles. The second-order valence-electron chi connectivity index (χ2n) is 7.93. The highest BCUT2D eigenvalue weighted by Crippen LogP contribution is 2.27. The van der Waals surface area contributed by atoms with E-state index >= 15 is 0 Å². The molecular formula is C21H30ClNO5. The molecule has 0 spiro atoms. The lowest BCUT2D eigenvalue weighted by Gasteiger charge is -2.28. The number of benzene rings is 1. The van der Waals surface area contributed by atoms with Gasteiger partial charge in [0.25, 0.3) is 0 Å². The van der Waals surface area contributed by atoms with Crippen molar-refractivity contribution in [2.75, 3.05) is 13.2 Å². The molecule has 0 aromatic heterocycles. The van der Waals surface area contributed by atoms with Crippen LogP contribution >= 0.6 is 11.6 Å². The molecule has 1 heterocycles. The molecule has 2 atom stereocenters. The van der Waals surface area contributed by atoms with Crippen LogP contribution in [0.15, 0.2) is 24.3 Å². The van der Waals surface area contributed by atoms with E-state index < -0.39 is 5.60 Å². The monoisotopic (exact) mass is 411 g/mol. The Morgan fingerprint density at radius 3 is 2.50 bits per heavy atom. The van der Waals surface area contributed by atoms with Gasteiger partial charge in [-0.2, -0.15) is 0 Å². The van der Waals surface area contributed by atoms with E-state index in [0.29, 0.717) is 37.6 Å². The first kappa shape index (κ1) is 22.5. The average molecular weight is 412 g/mol. The van der Waals surface area contributed by atoms with Gasteiger partial charge in [-0.15, -0.1) is 0 Å². The number of likely N-dealkylation sites (tertiary alicyclic amines) is 1. The van der Waals surface area contributed by atoms with Crippen molar-refractivity contribution >= 4 is 23.7 Å². The molecule has 0 N–H and O–H groups in total. The first-order valence-electron chi connectivity index (χ1n) is 9.69. The highest BCUT2D eigenvalue weighted by Gasteiger charge is 2.38. The Kier molecular flexibility index (Phi) is 8.13. The molecule has 28 heavy (non-hydrogen) atoms. The Hall–Kier alpha value is -1.79. The van der Waals surface area contributed by atoms with E-state index in [2.05, 4.69) is 0 Å². The second-order valence-corrected chi connectivity index (χ2v) is 8.36. The minimum Gasteiger partial charge on any atom is -0.466 e. The van der Waals surface area contributed by atoms with Crippen LogP contribution in [0.25, 0.3) is 0 Å². The molecule has 1 amide bonds. The Morgan fingerprint density at radius 1 is 1.21 bits per heavy atom. The molecule has 6 nitrogen and oxygen atoms in total. The third-order valence-corrected chi connectivity index (χ3v) is 4.64. The largest absolute Gasteiger partial charge is 0.466 e. The third-order valence-electron chi connectivity index (χ3n) is 4.39. The van der Waals surface area contributed by atoms with Gasteiger partial charge in [0.15, 0.2) is 0 Å². The fraction of sp³-hybridized carbons (Fsp3) is 0.619. The molecule has 1 fully saturated rings. The van der Waals surface area contributed by atoms with Crippen LogP contribution in [-0.2, 0) is 25.6 Å². The Morgan fingerprint density at radius 2 is 1.89 bits per heavy atom. The maximum atomic E-state index is 12.6. The van der Waals surface area contributed by atoms with Crippen LogP contribution < -0.4 is 0 Å². The SMILES string of the molecule is CCOC(=O)CC[C@H]1C[C@@H](OCc2ccc(Cl)cc2)CN1C(=O)OC(C)(C)C. The maximum absolute atomic E-state index is 12.6. The minimum absolute atomic E-state index is 0.115. The molecule has 2 rings (SSSR count). The van der Waals surface area contributed by atoms with Gasteiger partial charge in [-0.05, 0) is 58.2 Å². The van der Waals surface area contributed by atoms with Crippen LogP contribution in [0, 0.1) is 0 Å². The van der Waals surface area contributed by atoms with Crippen molar-refractivity contribution in [1.82, 2.24) is 4.90 Å². The van der Waals surface area contributed by atoms with E-state index in [1.54, 1.807) is 11.8 Å². The van der Waals surface area contributed by atoms with Gasteiger partial charge < -0.3 is 19.1 Å². The van der Waals surface area contributed by atoms with E-state index in [1.807, 2.05) is 45.0 Å². The Bertz CT molecular complexity index is 656. The molecular weight excluding hydrogens is 382 g/mol. The molecule has 0 unspecified atom stereocenters. The number of ether oxygens (including phenoxy) is 3. The van der Waals surface area contributed by atoms with Crippen molar-refractivity contribution < 1.29 is 23.8 Å². The third kappa shape index (κ3) is 7.32. The molecule has 0 radical (unpaired) electrons. The summed E-state index contributed by atoms with van der Waals surface area (Å²) < 4.78 is 16.6. The van der Waals surface area contributed by atoms with Crippen LogP contribution in [0.1, 0.15) is 52.5 Å². The zero-order valence-corrected chi connectivity index (χ0v) is 17.8. The first-order chi connectivity index (χ1) is 13.2. The zero-order valence-electron chi connectivity index (χ0n) is 17.1. The van der Waals surface area contributed by atoms with Crippen molar-refractivity contribution in [3.63, 3.8) is 0 Å². The van der Waals surface area contributed by atoms with Gasteiger partial charge in [-0.25, -0.2) is 4.79 Å². The van der Waals surface area contributed by atoms with Crippen LogP contribution in [0.3, 0.4) is 0 Å². The summed E-state index contributed by atoms with van der Waals surface area (Å²) in [5, 5.41) is 0.680. The van der Waals surface area contributed by atoms with Crippen molar-refractivity contribution in [2.24, 2.45) is 0 Å². The maximum Gasteiger partial charge on any atom is 0.410 e. The predicted octanol–water partition coefficient (Wildman–Crippen LogP) is 4.58. The Labute approximate surface area is 172 Å². The minimum atomic E-state index is -0.578. The summed E-state index contributed by atoms with van der Waals surface area (Å²) in [6.45, 7) is 8.52. The van der Waals surface area contributed by atoms with Crippen LogP contribution in [0.2, 0.25) is 5.02 Å². The second kappa shape index (κ2) is 10.1. The number of halogens is 1. The summed E-state index contributed by atoms with van der Waals surface area (Å²) in [6, 6.07) is 7.37. The number of carbonyl (C=O) groups is 2. The van der Waals surface area contributed by atoms with Gasteiger partial charge in [-0.3, -0.25) is 4.79 Å². The summed E-state index contributed by atoms with van der Waals surface area (Å²) in [7, 11) is 0. The lowest BCUT2D eigenvalue weighted by molar-refractivity contribution is -0.143. The van der Waals surface area contributed by atoms with Crippen molar-refractivity contribution in [1.29, 1.82) is 0 Å². The lowest BCUT2D eigenvalue weighted by Crippen LogP contribution is -2.40. The topological polar surface area (TPSA) is 65.1 Å². The van der Waals surface area contributed by atoms with E-state index in [0.717, 1.165) is 5.56 Å². The quantitative estimate of drug-likeness (QED) is 0.614. The molecule has 1 aromatic rings. The molecule has 0 saturated carbocycles. The highest BCUT2D eigenvalue weighted by molar-refractivity contribution is 6.30. The number of nitrogens with zero attached hydrogens (tertiary/aromatic N) is 1. The number of esters is 1. The number of amides is 1. The van der Waals surface area contributed by atoms with Crippen molar-refractivity contribution in [2.45, 2.75) is 71.3 Å². The summed E-state index contributed by atoms with van der Waals surface area (Å²) in [5.41, 5.74) is 0.438. The molecule has 1 aliphatic rings. The van der Waals surface area contributed by atoms with Crippen molar-refractivity contribution in [3.8, 4) is 0 Å². The van der Waals surface area contributed by atoms with Gasteiger partial charge in [0, 0.05) is 17.5 Å². The van der Waals surface area contributed by atoms with Gasteiger partial charge in [0.05, 0.1) is 25.9 Å². The predicted molar refractivity (Wildman–Crippen MR) is 107 cm³/mol. The van der Waals surface area contributed by atoms with Gasteiger partial charge in [0.1, 0.15) is 5.60 Å².